The van der Waals surface area contributed by atoms with E-state index in [0.29, 0.717) is 18.1 Å². The molecule has 2 aromatic rings. The number of aryl methyl sites for hydroxylation is 1. The van der Waals surface area contributed by atoms with Gasteiger partial charge < -0.3 is 20.5 Å². The average molecular weight is 316 g/mol. The highest BCUT2D eigenvalue weighted by molar-refractivity contribution is 5.94. The minimum Gasteiger partial charge on any atom is -0.508 e. The van der Waals surface area contributed by atoms with Crippen LogP contribution < -0.4 is 15.4 Å². The number of rotatable bonds is 4. The summed E-state index contributed by atoms with van der Waals surface area (Å²) >= 11 is 0. The molecule has 0 aliphatic carbocycles. The molecule has 23 heavy (non-hydrogen) atoms. The Bertz CT molecular complexity index is 709. The summed E-state index contributed by atoms with van der Waals surface area (Å²) in [6, 6.07) is 6.27. The van der Waals surface area contributed by atoms with Crippen LogP contribution >= 0.6 is 0 Å². The fourth-order valence-electron chi connectivity index (χ4n) is 2.59. The lowest BCUT2D eigenvalue weighted by Crippen LogP contribution is -2.32. The highest BCUT2D eigenvalue weighted by Crippen LogP contribution is 2.23. The fraction of sp³-hybridized carbons (Fsp3) is 0.375. The molecule has 0 spiro atoms. The van der Waals surface area contributed by atoms with E-state index in [2.05, 4.69) is 15.7 Å². The van der Waals surface area contributed by atoms with E-state index in [1.165, 1.54) is 12.1 Å². The van der Waals surface area contributed by atoms with Crippen LogP contribution in [0.5, 0.6) is 11.5 Å². The van der Waals surface area contributed by atoms with Crippen molar-refractivity contribution >= 4 is 11.7 Å². The molecule has 1 aliphatic rings. The molecule has 0 saturated heterocycles. The summed E-state index contributed by atoms with van der Waals surface area (Å²) < 4.78 is 7.29. The Morgan fingerprint density at radius 2 is 2.17 bits per heavy atom. The van der Waals surface area contributed by atoms with Gasteiger partial charge in [-0.1, -0.05) is 0 Å². The van der Waals surface area contributed by atoms with Crippen LogP contribution in [-0.2, 0) is 24.8 Å². The minimum absolute atomic E-state index is 0.156. The number of aromatic hydroxyl groups is 1. The van der Waals surface area contributed by atoms with Gasteiger partial charge >= 0.3 is 0 Å². The normalized spacial score (nSPS) is 14.9. The van der Waals surface area contributed by atoms with Gasteiger partial charge in [-0.15, -0.1) is 0 Å². The number of nitrogens with zero attached hydrogens (tertiary/aromatic N) is 2. The highest BCUT2D eigenvalue weighted by Gasteiger charge is 2.23. The van der Waals surface area contributed by atoms with E-state index in [9.17, 15) is 9.90 Å². The molecule has 7 heteroatoms. The maximum absolute atomic E-state index is 12.4. The molecule has 3 rings (SSSR count). The number of hydrogen-bond donors (Lipinski definition) is 3. The first-order valence-electron chi connectivity index (χ1n) is 7.56. The van der Waals surface area contributed by atoms with Crippen molar-refractivity contribution in [3.63, 3.8) is 0 Å². The monoisotopic (exact) mass is 316 g/mol. The Morgan fingerprint density at radius 3 is 2.91 bits per heavy atom. The largest absolute Gasteiger partial charge is 0.508 e. The molecule has 2 heterocycles. The molecule has 1 aromatic carbocycles. The van der Waals surface area contributed by atoms with Crippen LogP contribution in [0.1, 0.15) is 18.2 Å². The lowest BCUT2D eigenvalue weighted by molar-refractivity contribution is -0.122. The van der Waals surface area contributed by atoms with Gasteiger partial charge in [-0.3, -0.25) is 9.48 Å². The molecular formula is C16H20N4O3. The topological polar surface area (TPSA) is 88.4 Å². The third-order valence-electron chi connectivity index (χ3n) is 3.83. The lowest BCUT2D eigenvalue weighted by atomic mass is 10.1. The van der Waals surface area contributed by atoms with Crippen LogP contribution in [0.3, 0.4) is 0 Å². The van der Waals surface area contributed by atoms with Gasteiger partial charge in [0.2, 0.25) is 0 Å². The van der Waals surface area contributed by atoms with Crippen molar-refractivity contribution in [3.8, 4) is 11.5 Å². The van der Waals surface area contributed by atoms with Crippen molar-refractivity contribution in [2.45, 2.75) is 26.0 Å². The molecular weight excluding hydrogens is 296 g/mol. The summed E-state index contributed by atoms with van der Waals surface area (Å²) in [7, 11) is 1.82. The molecule has 1 aromatic heterocycles. The number of benzene rings is 1. The molecule has 1 unspecified atom stereocenters. The van der Waals surface area contributed by atoms with E-state index < -0.39 is 6.10 Å². The van der Waals surface area contributed by atoms with Crippen LogP contribution in [-0.4, -0.2) is 33.4 Å². The van der Waals surface area contributed by atoms with Crippen LogP contribution in [0.2, 0.25) is 0 Å². The zero-order valence-electron chi connectivity index (χ0n) is 13.2. The zero-order valence-corrected chi connectivity index (χ0v) is 13.2. The number of ether oxygens (including phenoxy) is 1. The first kappa shape index (κ1) is 15.4. The third kappa shape index (κ3) is 3.29. The molecule has 1 amide bonds. The molecule has 7 nitrogen and oxygen atoms in total. The van der Waals surface area contributed by atoms with E-state index in [1.807, 2.05) is 7.05 Å². The Balaban J connectivity index is 1.69. The smallest absolute Gasteiger partial charge is 0.266 e. The van der Waals surface area contributed by atoms with Crippen molar-refractivity contribution < 1.29 is 14.6 Å². The quantitative estimate of drug-likeness (QED) is 0.788. The summed E-state index contributed by atoms with van der Waals surface area (Å²) in [4.78, 5) is 12.4. The van der Waals surface area contributed by atoms with Crippen molar-refractivity contribution in [2.24, 2.45) is 7.05 Å². The first-order chi connectivity index (χ1) is 11.0. The van der Waals surface area contributed by atoms with Gasteiger partial charge in [0.15, 0.2) is 6.10 Å². The Morgan fingerprint density at radius 1 is 1.43 bits per heavy atom. The van der Waals surface area contributed by atoms with Gasteiger partial charge in [0.05, 0.1) is 5.69 Å². The van der Waals surface area contributed by atoms with Gasteiger partial charge in [-0.2, -0.15) is 5.10 Å². The van der Waals surface area contributed by atoms with Crippen LogP contribution in [0.25, 0.3) is 0 Å². The molecule has 0 saturated carbocycles. The second-order valence-electron chi connectivity index (χ2n) is 5.57. The summed E-state index contributed by atoms with van der Waals surface area (Å²) in [5, 5.41) is 19.9. The second-order valence-corrected chi connectivity index (χ2v) is 5.57. The number of nitrogens with one attached hydrogen (secondary N) is 2. The number of anilines is 1. The number of fused-ring (bicyclic) bond motifs is 1. The lowest BCUT2D eigenvalue weighted by Gasteiger charge is -2.17. The predicted octanol–water partition coefficient (Wildman–Crippen LogP) is 1.18. The van der Waals surface area contributed by atoms with E-state index in [-0.39, 0.29) is 11.7 Å². The number of phenolic OH excluding ortho intramolecular Hbond substituents is 1. The van der Waals surface area contributed by atoms with Crippen molar-refractivity contribution in [1.82, 2.24) is 15.1 Å². The highest BCUT2D eigenvalue weighted by atomic mass is 16.5. The summed E-state index contributed by atoms with van der Waals surface area (Å²) in [6.07, 6.45) is 0.195. The number of hydrogen-bond acceptors (Lipinski definition) is 5. The van der Waals surface area contributed by atoms with Gasteiger partial charge in [-0.05, 0) is 31.2 Å². The summed E-state index contributed by atoms with van der Waals surface area (Å²) in [6.45, 7) is 3.28. The van der Waals surface area contributed by atoms with E-state index in [4.69, 9.17) is 4.74 Å². The van der Waals surface area contributed by atoms with E-state index >= 15 is 0 Å². The zero-order chi connectivity index (χ0) is 16.4. The van der Waals surface area contributed by atoms with Crippen molar-refractivity contribution in [2.75, 3.05) is 11.9 Å². The Hall–Kier alpha value is -2.54. The van der Waals surface area contributed by atoms with Gasteiger partial charge in [0.25, 0.3) is 5.91 Å². The maximum Gasteiger partial charge on any atom is 0.266 e. The average Bonchev–Trinajstić information content (AvgIpc) is 2.85. The first-order valence-corrected chi connectivity index (χ1v) is 7.56. The molecule has 1 aliphatic heterocycles. The Kier molecular flexibility index (Phi) is 4.20. The summed E-state index contributed by atoms with van der Waals surface area (Å²) in [5.41, 5.74) is 2.05. The Labute approximate surface area is 134 Å². The number of phenols is 1. The van der Waals surface area contributed by atoms with Gasteiger partial charge in [0.1, 0.15) is 17.3 Å². The van der Waals surface area contributed by atoms with Crippen molar-refractivity contribution in [3.05, 3.63) is 35.5 Å². The summed E-state index contributed by atoms with van der Waals surface area (Å²) in [5.74, 6) is 1.15. The predicted molar refractivity (Wildman–Crippen MR) is 85.4 cm³/mol. The third-order valence-corrected chi connectivity index (χ3v) is 3.83. The number of amides is 1. The van der Waals surface area contributed by atoms with E-state index in [0.717, 1.165) is 24.2 Å². The van der Waals surface area contributed by atoms with Crippen LogP contribution in [0.15, 0.2) is 24.3 Å². The molecule has 0 fully saturated rings. The fourth-order valence-corrected chi connectivity index (χ4v) is 2.59. The van der Waals surface area contributed by atoms with Crippen molar-refractivity contribution in [1.29, 1.82) is 0 Å². The number of carbonyl (C=O) groups is 1. The van der Waals surface area contributed by atoms with Gasteiger partial charge in [0, 0.05) is 32.1 Å². The molecule has 122 valence electrons. The SMILES string of the molecule is CC(Oc1ccc(O)cc1)C(=O)Nc1c2c(nn1C)CCNC2. The van der Waals surface area contributed by atoms with Crippen LogP contribution in [0, 0.1) is 0 Å². The number of carbonyl (C=O) groups excluding carboxylic acids is 1. The van der Waals surface area contributed by atoms with E-state index in [1.54, 1.807) is 23.7 Å². The van der Waals surface area contributed by atoms with Crippen LogP contribution in [0.4, 0.5) is 5.82 Å². The molecule has 0 radical (unpaired) electrons. The standard InChI is InChI=1S/C16H20N4O3/c1-10(23-12-5-3-11(21)4-6-12)16(22)18-15-13-9-17-8-7-14(13)19-20(15)2/h3-6,10,17,21H,7-9H2,1-2H3,(H,18,22). The minimum atomic E-state index is -0.665. The molecule has 1 atom stereocenters. The molecule has 3 N–H and O–H groups in total. The second kappa shape index (κ2) is 6.29. The molecule has 0 bridgehead atoms. The maximum atomic E-state index is 12.4. The number of aromatic nitrogens is 2. The van der Waals surface area contributed by atoms with Gasteiger partial charge in [-0.25, -0.2) is 0 Å².